The highest BCUT2D eigenvalue weighted by molar-refractivity contribution is 6.31. The second-order valence-electron chi connectivity index (χ2n) is 4.76. The second kappa shape index (κ2) is 6.50. The molecule has 0 heterocycles. The number of likely N-dealkylation sites (N-methyl/N-ethyl adjacent to an activating group) is 1. The van der Waals surface area contributed by atoms with Crippen LogP contribution in [-0.2, 0) is 12.6 Å². The smallest absolute Gasteiger partial charge is 0.313 e. The van der Waals surface area contributed by atoms with Crippen LogP contribution >= 0.6 is 11.6 Å². The van der Waals surface area contributed by atoms with Gasteiger partial charge in [0.2, 0.25) is 0 Å². The van der Waals surface area contributed by atoms with Crippen molar-refractivity contribution >= 4 is 11.6 Å². The predicted molar refractivity (Wildman–Crippen MR) is 78.4 cm³/mol. The van der Waals surface area contributed by atoms with Crippen molar-refractivity contribution in [2.45, 2.75) is 18.6 Å². The molecule has 1 N–H and O–H groups in total. The molecule has 0 aliphatic carbocycles. The summed E-state index contributed by atoms with van der Waals surface area (Å²) in [4.78, 5) is 0. The van der Waals surface area contributed by atoms with Gasteiger partial charge in [-0.05, 0) is 42.8 Å². The Morgan fingerprint density at radius 3 is 2.19 bits per heavy atom. The number of hydrogen-bond acceptors (Lipinski definition) is 1. The van der Waals surface area contributed by atoms with Crippen molar-refractivity contribution in [1.29, 1.82) is 0 Å². The van der Waals surface area contributed by atoms with Crippen molar-refractivity contribution in [3.63, 3.8) is 0 Å². The molecule has 112 valence electrons. The molecule has 0 aromatic heterocycles. The molecule has 1 unspecified atom stereocenters. The predicted octanol–water partition coefficient (Wildman–Crippen LogP) is 4.86. The fourth-order valence-electron chi connectivity index (χ4n) is 2.19. The molecular formula is C16H15ClF3N. The molecule has 0 amide bonds. The molecule has 0 spiro atoms. The molecule has 0 aliphatic rings. The molecule has 0 radical (unpaired) electrons. The zero-order valence-electron chi connectivity index (χ0n) is 11.4. The number of benzene rings is 2. The minimum atomic E-state index is -4.30. The molecule has 21 heavy (non-hydrogen) atoms. The van der Waals surface area contributed by atoms with Gasteiger partial charge in [-0.1, -0.05) is 41.9 Å². The molecule has 0 fully saturated rings. The fourth-order valence-corrected chi connectivity index (χ4v) is 2.46. The third kappa shape index (κ3) is 3.99. The summed E-state index contributed by atoms with van der Waals surface area (Å²) in [6.07, 6.45) is -3.73. The first kappa shape index (κ1) is 15.9. The van der Waals surface area contributed by atoms with Gasteiger partial charge in [-0.3, -0.25) is 0 Å². The number of nitrogens with one attached hydrogen (secondary N) is 1. The number of halogens is 4. The molecule has 2 aromatic rings. The van der Waals surface area contributed by atoms with Gasteiger partial charge in [0.25, 0.3) is 0 Å². The maximum atomic E-state index is 12.5. The Kier molecular flexibility index (Phi) is 4.91. The van der Waals surface area contributed by atoms with E-state index in [9.17, 15) is 13.2 Å². The van der Waals surface area contributed by atoms with Gasteiger partial charge in [-0.25, -0.2) is 0 Å². The summed E-state index contributed by atoms with van der Waals surface area (Å²) in [6, 6.07) is 12.6. The van der Waals surface area contributed by atoms with Gasteiger partial charge in [-0.15, -0.1) is 0 Å². The minimum absolute atomic E-state index is 0.0459. The van der Waals surface area contributed by atoms with E-state index in [4.69, 9.17) is 11.6 Å². The van der Waals surface area contributed by atoms with Crippen molar-refractivity contribution < 1.29 is 13.2 Å². The van der Waals surface area contributed by atoms with Gasteiger partial charge in [0, 0.05) is 11.1 Å². The van der Waals surface area contributed by atoms with Crippen LogP contribution in [0.5, 0.6) is 0 Å². The van der Waals surface area contributed by atoms with Crippen LogP contribution in [0.25, 0.3) is 0 Å². The van der Waals surface area contributed by atoms with E-state index >= 15 is 0 Å². The van der Waals surface area contributed by atoms with Crippen LogP contribution in [0.3, 0.4) is 0 Å². The monoisotopic (exact) mass is 313 g/mol. The maximum absolute atomic E-state index is 12.5. The zero-order valence-corrected chi connectivity index (χ0v) is 12.2. The normalized spacial score (nSPS) is 13.2. The summed E-state index contributed by atoms with van der Waals surface area (Å²) >= 11 is 6.16. The number of alkyl halides is 3. The molecule has 0 saturated heterocycles. The lowest BCUT2D eigenvalue weighted by molar-refractivity contribution is -0.137. The van der Waals surface area contributed by atoms with Crippen molar-refractivity contribution in [1.82, 2.24) is 5.32 Å². The van der Waals surface area contributed by atoms with E-state index in [1.165, 1.54) is 12.1 Å². The topological polar surface area (TPSA) is 12.0 Å². The molecule has 1 atom stereocenters. The molecule has 0 saturated carbocycles. The summed E-state index contributed by atoms with van der Waals surface area (Å²) in [7, 11) is 1.80. The van der Waals surface area contributed by atoms with Crippen LogP contribution in [0, 0.1) is 0 Å². The van der Waals surface area contributed by atoms with E-state index < -0.39 is 11.7 Å². The SMILES string of the molecule is CNC(Cc1ccc(C(F)(F)F)cc1)c1ccccc1Cl. The van der Waals surface area contributed by atoms with Gasteiger partial charge in [0.05, 0.1) is 5.56 Å². The van der Waals surface area contributed by atoms with Crippen molar-refractivity contribution in [2.75, 3.05) is 7.05 Å². The average molecular weight is 314 g/mol. The standard InChI is InChI=1S/C16H15ClF3N/c1-21-15(13-4-2-3-5-14(13)17)10-11-6-8-12(9-7-11)16(18,19)20/h2-9,15,21H,10H2,1H3. The Hall–Kier alpha value is -1.52. The first-order valence-corrected chi connectivity index (χ1v) is 6.87. The first-order valence-electron chi connectivity index (χ1n) is 6.49. The second-order valence-corrected chi connectivity index (χ2v) is 5.17. The van der Waals surface area contributed by atoms with Crippen molar-refractivity contribution in [3.05, 3.63) is 70.2 Å². The Morgan fingerprint density at radius 1 is 1.05 bits per heavy atom. The van der Waals surface area contributed by atoms with E-state index in [1.54, 1.807) is 13.1 Å². The number of hydrogen-bond donors (Lipinski definition) is 1. The van der Waals surface area contributed by atoms with Gasteiger partial charge >= 0.3 is 6.18 Å². The van der Waals surface area contributed by atoms with E-state index in [-0.39, 0.29) is 6.04 Å². The molecule has 5 heteroatoms. The Balaban J connectivity index is 2.18. The lowest BCUT2D eigenvalue weighted by Gasteiger charge is -2.18. The molecule has 1 nitrogen and oxygen atoms in total. The molecule has 0 aliphatic heterocycles. The summed E-state index contributed by atoms with van der Waals surface area (Å²) in [5, 5.41) is 3.79. The summed E-state index contributed by atoms with van der Waals surface area (Å²) in [6.45, 7) is 0. The Morgan fingerprint density at radius 2 is 1.67 bits per heavy atom. The van der Waals surface area contributed by atoms with Gasteiger partial charge in [-0.2, -0.15) is 13.2 Å². The molecule has 2 aromatic carbocycles. The molecule has 0 bridgehead atoms. The van der Waals surface area contributed by atoms with Gasteiger partial charge in [0.15, 0.2) is 0 Å². The lowest BCUT2D eigenvalue weighted by Crippen LogP contribution is -2.19. The van der Waals surface area contributed by atoms with E-state index in [0.717, 1.165) is 23.3 Å². The minimum Gasteiger partial charge on any atom is -0.313 e. The largest absolute Gasteiger partial charge is 0.416 e. The van der Waals surface area contributed by atoms with Crippen LogP contribution in [0.15, 0.2) is 48.5 Å². The van der Waals surface area contributed by atoms with Crippen LogP contribution in [-0.4, -0.2) is 7.05 Å². The van der Waals surface area contributed by atoms with Crippen molar-refractivity contribution in [2.24, 2.45) is 0 Å². The maximum Gasteiger partial charge on any atom is 0.416 e. The van der Waals surface area contributed by atoms with Gasteiger partial charge < -0.3 is 5.32 Å². The summed E-state index contributed by atoms with van der Waals surface area (Å²) in [5.41, 5.74) is 1.12. The highest BCUT2D eigenvalue weighted by atomic mass is 35.5. The summed E-state index contributed by atoms with van der Waals surface area (Å²) < 4.78 is 37.6. The molecule has 2 rings (SSSR count). The first-order chi connectivity index (χ1) is 9.91. The highest BCUT2D eigenvalue weighted by Crippen LogP contribution is 2.30. The van der Waals surface area contributed by atoms with Crippen LogP contribution in [0.1, 0.15) is 22.7 Å². The fraction of sp³-hybridized carbons (Fsp3) is 0.250. The Bertz CT molecular complexity index is 593. The highest BCUT2D eigenvalue weighted by Gasteiger charge is 2.30. The van der Waals surface area contributed by atoms with E-state index in [0.29, 0.717) is 11.4 Å². The van der Waals surface area contributed by atoms with E-state index in [2.05, 4.69) is 5.32 Å². The van der Waals surface area contributed by atoms with E-state index in [1.807, 2.05) is 18.2 Å². The molecular weight excluding hydrogens is 299 g/mol. The zero-order chi connectivity index (χ0) is 15.5. The van der Waals surface area contributed by atoms with Crippen molar-refractivity contribution in [3.8, 4) is 0 Å². The van der Waals surface area contributed by atoms with Crippen LogP contribution < -0.4 is 5.32 Å². The Labute approximate surface area is 126 Å². The van der Waals surface area contributed by atoms with Crippen LogP contribution in [0.4, 0.5) is 13.2 Å². The van der Waals surface area contributed by atoms with Gasteiger partial charge in [0.1, 0.15) is 0 Å². The quantitative estimate of drug-likeness (QED) is 0.850. The lowest BCUT2D eigenvalue weighted by atomic mass is 9.98. The third-order valence-corrected chi connectivity index (χ3v) is 3.69. The summed E-state index contributed by atoms with van der Waals surface area (Å²) in [5.74, 6) is 0. The number of rotatable bonds is 4. The van der Waals surface area contributed by atoms with Crippen LogP contribution in [0.2, 0.25) is 5.02 Å². The third-order valence-electron chi connectivity index (χ3n) is 3.35. The average Bonchev–Trinajstić information content (AvgIpc) is 2.45.